The van der Waals surface area contributed by atoms with Gasteiger partial charge in [-0.05, 0) is 43.9 Å². The normalized spacial score (nSPS) is 12.8. The summed E-state index contributed by atoms with van der Waals surface area (Å²) in [6.45, 7) is 11.3. The second kappa shape index (κ2) is 12.3. The molecule has 0 bridgehead atoms. The molecule has 0 aromatic heterocycles. The van der Waals surface area contributed by atoms with E-state index in [4.69, 9.17) is 4.74 Å². The zero-order valence-electron chi connectivity index (χ0n) is 16.8. The second-order valence-electron chi connectivity index (χ2n) is 6.43. The van der Waals surface area contributed by atoms with Gasteiger partial charge in [0, 0.05) is 32.3 Å². The van der Waals surface area contributed by atoms with Crippen molar-refractivity contribution in [2.24, 2.45) is 10.9 Å². The maximum absolute atomic E-state index is 11.7. The molecule has 3 N–H and O–H groups in total. The van der Waals surface area contributed by atoms with E-state index in [2.05, 4.69) is 34.8 Å². The van der Waals surface area contributed by atoms with E-state index in [0.29, 0.717) is 18.0 Å². The van der Waals surface area contributed by atoms with E-state index in [1.165, 1.54) is 0 Å². The summed E-state index contributed by atoms with van der Waals surface area (Å²) >= 11 is 0. The fourth-order valence-electron chi connectivity index (χ4n) is 2.62. The number of guanidine groups is 1. The van der Waals surface area contributed by atoms with Crippen molar-refractivity contribution >= 4 is 11.9 Å². The molecular weight excluding hydrogens is 328 g/mol. The first-order chi connectivity index (χ1) is 12.5. The van der Waals surface area contributed by atoms with Crippen molar-refractivity contribution in [2.75, 3.05) is 26.7 Å². The molecule has 1 amide bonds. The highest BCUT2D eigenvalue weighted by Gasteiger charge is 2.13. The molecule has 0 aliphatic heterocycles. The van der Waals surface area contributed by atoms with Gasteiger partial charge in [-0.1, -0.05) is 26.0 Å². The summed E-state index contributed by atoms with van der Waals surface area (Å²) in [5.74, 6) is 1.18. The fraction of sp³-hybridized carbons (Fsp3) is 0.600. The maximum atomic E-state index is 11.7. The summed E-state index contributed by atoms with van der Waals surface area (Å²) in [6, 6.07) is 7.53. The van der Waals surface area contributed by atoms with Gasteiger partial charge in [0.05, 0.1) is 12.6 Å². The highest BCUT2D eigenvalue weighted by atomic mass is 16.5. The van der Waals surface area contributed by atoms with Crippen LogP contribution in [-0.4, -0.2) is 44.7 Å². The number of aliphatic imine (C=N–C) groups is 1. The number of hydrogen-bond acceptors (Lipinski definition) is 3. The third-order valence-electron chi connectivity index (χ3n) is 4.03. The van der Waals surface area contributed by atoms with E-state index in [9.17, 15) is 4.79 Å². The molecule has 0 saturated heterocycles. The molecule has 0 radical (unpaired) electrons. The molecule has 26 heavy (non-hydrogen) atoms. The number of carbonyl (C=O) groups is 1. The van der Waals surface area contributed by atoms with Crippen molar-refractivity contribution in [2.45, 2.75) is 46.8 Å². The molecule has 6 nitrogen and oxygen atoms in total. The number of benzene rings is 1. The van der Waals surface area contributed by atoms with Crippen LogP contribution in [0.3, 0.4) is 0 Å². The number of hydrogen-bond donors (Lipinski definition) is 3. The summed E-state index contributed by atoms with van der Waals surface area (Å²) in [7, 11) is 1.63. The Kier molecular flexibility index (Phi) is 10.4. The first kappa shape index (κ1) is 22.0. The third kappa shape index (κ3) is 7.87. The number of nitrogens with zero attached hydrogens (tertiary/aromatic N) is 1. The molecule has 0 aliphatic carbocycles. The number of ether oxygens (including phenoxy) is 1. The molecule has 1 aromatic carbocycles. The van der Waals surface area contributed by atoms with Gasteiger partial charge in [-0.25, -0.2) is 4.99 Å². The molecule has 6 heteroatoms. The Morgan fingerprint density at radius 1 is 1.23 bits per heavy atom. The minimum atomic E-state index is -0.0866. The lowest BCUT2D eigenvalue weighted by Gasteiger charge is -2.21. The highest BCUT2D eigenvalue weighted by molar-refractivity contribution is 5.94. The highest BCUT2D eigenvalue weighted by Crippen LogP contribution is 2.10. The topological polar surface area (TPSA) is 74.8 Å². The average molecular weight is 363 g/mol. The van der Waals surface area contributed by atoms with Crippen LogP contribution in [0, 0.1) is 5.92 Å². The lowest BCUT2D eigenvalue weighted by Crippen LogP contribution is -2.39. The van der Waals surface area contributed by atoms with Crippen molar-refractivity contribution in [3.05, 3.63) is 35.4 Å². The summed E-state index contributed by atoms with van der Waals surface area (Å²) in [6.07, 6.45) is 1.18. The van der Waals surface area contributed by atoms with E-state index in [0.717, 1.165) is 37.6 Å². The lowest BCUT2D eigenvalue weighted by atomic mass is 10.0. The van der Waals surface area contributed by atoms with Gasteiger partial charge in [-0.15, -0.1) is 0 Å². The number of rotatable bonds is 10. The number of amides is 1. The van der Waals surface area contributed by atoms with Crippen molar-refractivity contribution in [3.8, 4) is 0 Å². The van der Waals surface area contributed by atoms with Gasteiger partial charge < -0.3 is 20.7 Å². The summed E-state index contributed by atoms with van der Waals surface area (Å²) in [4.78, 5) is 16.4. The maximum Gasteiger partial charge on any atom is 0.251 e. The van der Waals surface area contributed by atoms with Crippen LogP contribution in [0.15, 0.2) is 29.3 Å². The smallest absolute Gasteiger partial charge is 0.251 e. The van der Waals surface area contributed by atoms with Crippen LogP contribution in [-0.2, 0) is 11.3 Å². The first-order valence-corrected chi connectivity index (χ1v) is 9.46. The predicted octanol–water partition coefficient (Wildman–Crippen LogP) is 2.55. The summed E-state index contributed by atoms with van der Waals surface area (Å²) in [5, 5.41) is 9.26. The zero-order valence-corrected chi connectivity index (χ0v) is 16.8. The van der Waals surface area contributed by atoms with E-state index >= 15 is 0 Å². The average Bonchev–Trinajstić information content (AvgIpc) is 2.64. The van der Waals surface area contributed by atoms with Gasteiger partial charge in [0.25, 0.3) is 5.91 Å². The van der Waals surface area contributed by atoms with E-state index in [1.807, 2.05) is 32.0 Å². The van der Waals surface area contributed by atoms with E-state index < -0.39 is 0 Å². The molecule has 1 unspecified atom stereocenters. The molecule has 1 rings (SSSR count). The van der Waals surface area contributed by atoms with Gasteiger partial charge >= 0.3 is 0 Å². The van der Waals surface area contributed by atoms with Crippen LogP contribution in [0.25, 0.3) is 0 Å². The van der Waals surface area contributed by atoms with Crippen LogP contribution in [0.1, 0.15) is 50.0 Å². The standard InChI is InChI=1S/C20H34N4O2/c1-6-22-20(23-12-11-18(15(3)4)26-7-2)24-14-16-9-8-10-17(13-16)19(25)21-5/h8-10,13,15,18H,6-7,11-12,14H2,1-5H3,(H,21,25)(H2,22,23,24). The molecular formula is C20H34N4O2. The van der Waals surface area contributed by atoms with Gasteiger partial charge in [-0.3, -0.25) is 4.79 Å². The monoisotopic (exact) mass is 362 g/mol. The Morgan fingerprint density at radius 2 is 2.00 bits per heavy atom. The quantitative estimate of drug-likeness (QED) is 0.442. The Balaban J connectivity index is 2.64. The van der Waals surface area contributed by atoms with E-state index in [-0.39, 0.29) is 12.0 Å². The molecule has 0 heterocycles. The predicted molar refractivity (Wildman–Crippen MR) is 108 cm³/mol. The molecule has 1 aromatic rings. The van der Waals surface area contributed by atoms with Crippen LogP contribution < -0.4 is 16.0 Å². The molecule has 146 valence electrons. The molecule has 0 aliphatic rings. The van der Waals surface area contributed by atoms with Gasteiger partial charge in [0.2, 0.25) is 0 Å². The molecule has 0 saturated carbocycles. The van der Waals surface area contributed by atoms with Crippen molar-refractivity contribution in [1.29, 1.82) is 0 Å². The van der Waals surface area contributed by atoms with Gasteiger partial charge in [-0.2, -0.15) is 0 Å². The minimum absolute atomic E-state index is 0.0866. The number of nitrogens with one attached hydrogen (secondary N) is 3. The Bertz CT molecular complexity index is 573. The SMILES string of the molecule is CCNC(=NCc1cccc(C(=O)NC)c1)NCCC(OCC)C(C)C. The first-order valence-electron chi connectivity index (χ1n) is 9.46. The summed E-state index contributed by atoms with van der Waals surface area (Å²) < 4.78 is 5.78. The minimum Gasteiger partial charge on any atom is -0.378 e. The third-order valence-corrected chi connectivity index (χ3v) is 4.03. The summed E-state index contributed by atoms with van der Waals surface area (Å²) in [5.41, 5.74) is 1.65. The van der Waals surface area contributed by atoms with Crippen molar-refractivity contribution in [3.63, 3.8) is 0 Å². The Morgan fingerprint density at radius 3 is 2.62 bits per heavy atom. The molecule has 1 atom stereocenters. The number of carbonyl (C=O) groups excluding carboxylic acids is 1. The van der Waals surface area contributed by atoms with Crippen LogP contribution in [0.2, 0.25) is 0 Å². The second-order valence-corrected chi connectivity index (χ2v) is 6.43. The van der Waals surface area contributed by atoms with Crippen LogP contribution in [0.5, 0.6) is 0 Å². The van der Waals surface area contributed by atoms with Gasteiger partial charge in [0.15, 0.2) is 5.96 Å². The van der Waals surface area contributed by atoms with Crippen molar-refractivity contribution in [1.82, 2.24) is 16.0 Å². The van der Waals surface area contributed by atoms with Crippen LogP contribution in [0.4, 0.5) is 0 Å². The molecule has 0 spiro atoms. The lowest BCUT2D eigenvalue weighted by molar-refractivity contribution is 0.0258. The Hall–Kier alpha value is -2.08. The van der Waals surface area contributed by atoms with E-state index in [1.54, 1.807) is 13.1 Å². The Labute approximate surface area is 157 Å². The van der Waals surface area contributed by atoms with Crippen LogP contribution >= 0.6 is 0 Å². The van der Waals surface area contributed by atoms with Crippen molar-refractivity contribution < 1.29 is 9.53 Å². The largest absolute Gasteiger partial charge is 0.378 e. The molecule has 0 fully saturated rings. The zero-order chi connectivity index (χ0) is 19.4. The van der Waals surface area contributed by atoms with Gasteiger partial charge in [0.1, 0.15) is 0 Å². The fourth-order valence-corrected chi connectivity index (χ4v) is 2.62.